The highest BCUT2D eigenvalue weighted by Crippen LogP contribution is 2.38. The molecule has 0 bridgehead atoms. The first-order chi connectivity index (χ1) is 11.4. The fraction of sp³-hybridized carbons (Fsp3) is 0.500. The Labute approximate surface area is 146 Å². The van der Waals surface area contributed by atoms with E-state index in [2.05, 4.69) is 4.40 Å². The second-order valence-corrected chi connectivity index (χ2v) is 7.86. The third kappa shape index (κ3) is 3.15. The third-order valence-electron chi connectivity index (χ3n) is 4.09. The van der Waals surface area contributed by atoms with Gasteiger partial charge in [0.15, 0.2) is 0 Å². The van der Waals surface area contributed by atoms with E-state index in [1.54, 1.807) is 0 Å². The number of hydrogen-bond donors (Lipinski definition) is 0. The third-order valence-corrected chi connectivity index (χ3v) is 5.74. The van der Waals surface area contributed by atoms with Gasteiger partial charge in [-0.3, -0.25) is 0 Å². The van der Waals surface area contributed by atoms with Crippen molar-refractivity contribution in [2.75, 3.05) is 18.1 Å². The van der Waals surface area contributed by atoms with Crippen molar-refractivity contribution >= 4 is 39.1 Å². The molecule has 8 heteroatoms. The first kappa shape index (κ1) is 17.2. The maximum atomic E-state index is 12.5. The molecule has 0 N–H and O–H groups in total. The Hall–Kier alpha value is -1.60. The lowest BCUT2D eigenvalue weighted by molar-refractivity contribution is 0.0505. The Kier molecular flexibility index (Phi) is 4.83. The zero-order chi connectivity index (χ0) is 17.3. The van der Waals surface area contributed by atoms with E-state index in [1.807, 2.05) is 11.8 Å². The highest BCUT2D eigenvalue weighted by atomic mass is 35.5. The van der Waals surface area contributed by atoms with Crippen LogP contribution in [-0.2, 0) is 14.8 Å². The molecule has 6 nitrogen and oxygen atoms in total. The normalized spacial score (nSPS) is 18.9. The standard InChI is InChI=1S/C16H19ClN2O4S/c1-2-8-23-16(20)11-9-14-13(10-12(11)17)19-7-5-3-4-6-15(19)18-24(14,21)22/h9-10H,2-8H2,1H3. The number of carbonyl (C=O) groups is 1. The fourth-order valence-electron chi connectivity index (χ4n) is 2.93. The van der Waals surface area contributed by atoms with Crippen molar-refractivity contribution in [3.05, 3.63) is 22.7 Å². The smallest absolute Gasteiger partial charge is 0.339 e. The number of rotatable bonds is 3. The number of benzene rings is 1. The van der Waals surface area contributed by atoms with Gasteiger partial charge in [-0.15, -0.1) is 4.40 Å². The molecular weight excluding hydrogens is 352 g/mol. The van der Waals surface area contributed by atoms with E-state index in [9.17, 15) is 13.2 Å². The summed E-state index contributed by atoms with van der Waals surface area (Å²) in [6.45, 7) is 2.83. The van der Waals surface area contributed by atoms with Crippen LogP contribution in [0.1, 0.15) is 49.4 Å². The van der Waals surface area contributed by atoms with E-state index in [4.69, 9.17) is 16.3 Å². The molecule has 1 aromatic carbocycles. The summed E-state index contributed by atoms with van der Waals surface area (Å²) >= 11 is 6.24. The Balaban J connectivity index is 2.09. The largest absolute Gasteiger partial charge is 0.462 e. The molecule has 0 amide bonds. The molecule has 0 radical (unpaired) electrons. The first-order valence-electron chi connectivity index (χ1n) is 8.06. The van der Waals surface area contributed by atoms with Crippen LogP contribution in [0.3, 0.4) is 0 Å². The summed E-state index contributed by atoms with van der Waals surface area (Å²) in [6, 6.07) is 2.83. The molecule has 0 aliphatic carbocycles. The summed E-state index contributed by atoms with van der Waals surface area (Å²) in [7, 11) is -3.84. The summed E-state index contributed by atoms with van der Waals surface area (Å²) in [4.78, 5) is 14.0. The lowest BCUT2D eigenvalue weighted by Gasteiger charge is -2.30. The minimum Gasteiger partial charge on any atom is -0.462 e. The van der Waals surface area contributed by atoms with Gasteiger partial charge in [-0.1, -0.05) is 24.9 Å². The SMILES string of the molecule is CCCOC(=O)c1cc2c(cc1Cl)N1CCCCCC1=NS2(=O)=O. The van der Waals surface area contributed by atoms with Gasteiger partial charge in [0, 0.05) is 13.0 Å². The van der Waals surface area contributed by atoms with E-state index in [0.717, 1.165) is 19.3 Å². The Morgan fingerprint density at radius 1 is 1.33 bits per heavy atom. The molecule has 0 saturated carbocycles. The molecule has 3 rings (SSSR count). The molecule has 0 unspecified atom stereocenters. The maximum Gasteiger partial charge on any atom is 0.339 e. The summed E-state index contributed by atoms with van der Waals surface area (Å²) < 4.78 is 34.1. The minimum absolute atomic E-state index is 0.0148. The number of sulfonamides is 1. The molecule has 1 saturated heterocycles. The van der Waals surface area contributed by atoms with Gasteiger partial charge >= 0.3 is 5.97 Å². The van der Waals surface area contributed by atoms with Crippen LogP contribution in [0.15, 0.2) is 21.4 Å². The molecule has 1 fully saturated rings. The summed E-state index contributed by atoms with van der Waals surface area (Å²) in [5.41, 5.74) is 0.555. The Morgan fingerprint density at radius 2 is 2.12 bits per heavy atom. The molecule has 0 atom stereocenters. The average Bonchev–Trinajstić information content (AvgIpc) is 2.76. The van der Waals surface area contributed by atoms with Crippen molar-refractivity contribution in [3.8, 4) is 0 Å². The van der Waals surface area contributed by atoms with Gasteiger partial charge in [-0.25, -0.2) is 4.79 Å². The van der Waals surface area contributed by atoms with Gasteiger partial charge in [0.2, 0.25) is 0 Å². The van der Waals surface area contributed by atoms with Crippen molar-refractivity contribution in [3.63, 3.8) is 0 Å². The van der Waals surface area contributed by atoms with Crippen LogP contribution in [0.2, 0.25) is 5.02 Å². The molecule has 24 heavy (non-hydrogen) atoms. The zero-order valence-corrected chi connectivity index (χ0v) is 15.0. The molecule has 0 spiro atoms. The second kappa shape index (κ2) is 6.72. The van der Waals surface area contributed by atoms with Crippen molar-refractivity contribution in [2.24, 2.45) is 4.40 Å². The predicted molar refractivity (Wildman–Crippen MR) is 92.5 cm³/mol. The number of hydrogen-bond acceptors (Lipinski definition) is 5. The van der Waals surface area contributed by atoms with Gasteiger partial charge in [0.05, 0.1) is 22.9 Å². The van der Waals surface area contributed by atoms with Crippen LogP contribution >= 0.6 is 11.6 Å². The monoisotopic (exact) mass is 370 g/mol. The van der Waals surface area contributed by atoms with Crippen LogP contribution in [0.4, 0.5) is 5.69 Å². The van der Waals surface area contributed by atoms with Gasteiger partial charge < -0.3 is 9.64 Å². The fourth-order valence-corrected chi connectivity index (χ4v) is 4.43. The second-order valence-electron chi connectivity index (χ2n) is 5.88. The lowest BCUT2D eigenvalue weighted by Crippen LogP contribution is -2.35. The van der Waals surface area contributed by atoms with Crippen molar-refractivity contribution in [1.29, 1.82) is 0 Å². The number of fused-ring (bicyclic) bond motifs is 3. The highest BCUT2D eigenvalue weighted by molar-refractivity contribution is 7.90. The molecule has 1 aromatic rings. The predicted octanol–water partition coefficient (Wildman–Crippen LogP) is 3.39. The Bertz CT molecular complexity index is 805. The molecule has 2 aliphatic rings. The van der Waals surface area contributed by atoms with Crippen LogP contribution in [0.5, 0.6) is 0 Å². The van der Waals surface area contributed by atoms with E-state index in [-0.39, 0.29) is 22.1 Å². The van der Waals surface area contributed by atoms with Crippen molar-refractivity contribution < 1.29 is 17.9 Å². The van der Waals surface area contributed by atoms with E-state index in [1.165, 1.54) is 12.1 Å². The molecule has 130 valence electrons. The summed E-state index contributed by atoms with van der Waals surface area (Å²) in [5, 5.41) is 0.190. The van der Waals surface area contributed by atoms with Gasteiger partial charge in [-0.2, -0.15) is 8.42 Å². The van der Waals surface area contributed by atoms with Crippen LogP contribution in [-0.4, -0.2) is 33.4 Å². The number of nitrogens with zero attached hydrogens (tertiary/aromatic N) is 2. The highest BCUT2D eigenvalue weighted by Gasteiger charge is 2.33. The first-order valence-corrected chi connectivity index (χ1v) is 9.88. The Morgan fingerprint density at radius 3 is 2.88 bits per heavy atom. The number of anilines is 1. The zero-order valence-electron chi connectivity index (χ0n) is 13.4. The van der Waals surface area contributed by atoms with Crippen LogP contribution in [0.25, 0.3) is 0 Å². The summed E-state index contributed by atoms with van der Waals surface area (Å²) in [5.74, 6) is -0.0668. The number of esters is 1. The van der Waals surface area contributed by atoms with Gasteiger partial charge in [0.1, 0.15) is 10.7 Å². The van der Waals surface area contributed by atoms with Gasteiger partial charge in [-0.05, 0) is 31.4 Å². The molecular formula is C16H19ClN2O4S. The summed E-state index contributed by atoms with van der Waals surface area (Å²) in [6.07, 6.45) is 4.19. The van der Waals surface area contributed by atoms with Crippen molar-refractivity contribution in [1.82, 2.24) is 0 Å². The number of halogens is 1. The molecule has 2 heterocycles. The minimum atomic E-state index is -3.84. The number of carbonyl (C=O) groups excluding carboxylic acids is 1. The average molecular weight is 371 g/mol. The van der Waals surface area contributed by atoms with Gasteiger partial charge in [0.25, 0.3) is 10.0 Å². The quantitative estimate of drug-likeness (QED) is 0.762. The molecule has 0 aromatic heterocycles. The number of amidine groups is 1. The number of ether oxygens (including phenoxy) is 1. The molecule has 2 aliphatic heterocycles. The van der Waals surface area contributed by atoms with Crippen LogP contribution < -0.4 is 4.90 Å². The van der Waals surface area contributed by atoms with E-state index in [0.29, 0.717) is 30.9 Å². The topological polar surface area (TPSA) is 76.0 Å². The lowest BCUT2D eigenvalue weighted by atomic mass is 10.1. The van der Waals surface area contributed by atoms with Crippen molar-refractivity contribution in [2.45, 2.75) is 43.9 Å². The maximum absolute atomic E-state index is 12.5. The van der Waals surface area contributed by atoms with E-state index < -0.39 is 16.0 Å². The van der Waals surface area contributed by atoms with Crippen LogP contribution in [0, 0.1) is 0 Å². The van der Waals surface area contributed by atoms with E-state index >= 15 is 0 Å².